The number of carbonyl (C=O) groups excluding carboxylic acids is 2. The third kappa shape index (κ3) is 8.80. The summed E-state index contributed by atoms with van der Waals surface area (Å²) in [6.07, 6.45) is 0.153. The van der Waals surface area contributed by atoms with Crippen LogP contribution in [0, 0.1) is 6.92 Å². The van der Waals surface area contributed by atoms with E-state index in [1.165, 1.54) is 37.3 Å². The molecule has 0 aliphatic rings. The predicted octanol–water partition coefficient (Wildman–Crippen LogP) is 6.68. The summed E-state index contributed by atoms with van der Waals surface area (Å²) in [7, 11) is -1.51. The first-order chi connectivity index (χ1) is 22.8. The second kappa shape index (κ2) is 16.2. The Labute approximate surface area is 292 Å². The number of halogens is 2. The highest BCUT2D eigenvalue weighted by molar-refractivity contribution is 7.92. The first-order valence-corrected chi connectivity index (χ1v) is 17.4. The van der Waals surface area contributed by atoms with Gasteiger partial charge in [-0.1, -0.05) is 77.3 Å². The lowest BCUT2D eigenvalue weighted by molar-refractivity contribution is -0.140. The number of aryl methyl sites for hydroxylation is 1. The summed E-state index contributed by atoms with van der Waals surface area (Å²) >= 11 is 13.2. The molecule has 0 heterocycles. The quantitative estimate of drug-likeness (QED) is 0.157. The Morgan fingerprint density at radius 2 is 1.46 bits per heavy atom. The van der Waals surface area contributed by atoms with Crippen molar-refractivity contribution in [3.05, 3.63) is 118 Å². The minimum atomic E-state index is -4.37. The number of carbonyl (C=O) groups is 2. The fraction of sp³-hybridized carbons (Fsp3) is 0.278. The van der Waals surface area contributed by atoms with Crippen LogP contribution in [-0.2, 0) is 32.6 Å². The Morgan fingerprint density at radius 3 is 2.04 bits per heavy atom. The monoisotopic (exact) mass is 711 g/mol. The molecule has 0 aliphatic heterocycles. The van der Waals surface area contributed by atoms with E-state index in [4.69, 9.17) is 32.7 Å². The van der Waals surface area contributed by atoms with Crippen molar-refractivity contribution in [2.75, 3.05) is 25.1 Å². The second-order valence-corrected chi connectivity index (χ2v) is 14.1. The Morgan fingerprint density at radius 1 is 0.833 bits per heavy atom. The van der Waals surface area contributed by atoms with Gasteiger partial charge in [-0.25, -0.2) is 8.42 Å². The van der Waals surface area contributed by atoms with Crippen LogP contribution in [0.4, 0.5) is 5.69 Å². The molecule has 4 rings (SSSR count). The Balaban J connectivity index is 1.86. The largest absolute Gasteiger partial charge is 0.493 e. The van der Waals surface area contributed by atoms with Crippen molar-refractivity contribution in [1.29, 1.82) is 0 Å². The SMILES string of the molecule is COc1ccc(S(=O)(=O)N(CC(=O)N(Cc2c(Cl)cccc2Cl)C(Cc2ccccc2)C(=O)NC(C)C)c2ccc(C)cc2)cc1OC. The first-order valence-electron chi connectivity index (χ1n) is 15.2. The summed E-state index contributed by atoms with van der Waals surface area (Å²) in [6, 6.07) is 24.0. The lowest BCUT2D eigenvalue weighted by atomic mass is 10.0. The fourth-order valence-electron chi connectivity index (χ4n) is 5.13. The molecule has 0 saturated heterocycles. The minimum absolute atomic E-state index is 0.118. The zero-order chi connectivity index (χ0) is 35.0. The number of nitrogens with zero attached hydrogens (tertiary/aromatic N) is 2. The number of sulfonamides is 1. The predicted molar refractivity (Wildman–Crippen MR) is 189 cm³/mol. The summed E-state index contributed by atoms with van der Waals surface area (Å²) < 4.78 is 40.5. The van der Waals surface area contributed by atoms with E-state index in [0.29, 0.717) is 21.4 Å². The number of ether oxygens (including phenoxy) is 2. The molecule has 1 unspecified atom stereocenters. The average molecular weight is 713 g/mol. The van der Waals surface area contributed by atoms with Crippen molar-refractivity contribution in [3.8, 4) is 11.5 Å². The summed E-state index contributed by atoms with van der Waals surface area (Å²) in [4.78, 5) is 29.8. The van der Waals surface area contributed by atoms with Crippen molar-refractivity contribution in [2.45, 2.75) is 50.7 Å². The first kappa shape index (κ1) is 36.6. The lowest BCUT2D eigenvalue weighted by Gasteiger charge is -2.34. The molecule has 0 spiro atoms. The number of amides is 2. The minimum Gasteiger partial charge on any atom is -0.493 e. The molecule has 4 aromatic carbocycles. The van der Waals surface area contributed by atoms with Gasteiger partial charge in [-0.15, -0.1) is 0 Å². The van der Waals surface area contributed by atoms with Crippen LogP contribution in [0.2, 0.25) is 10.0 Å². The maximum atomic E-state index is 14.7. The van der Waals surface area contributed by atoms with Crippen molar-refractivity contribution < 1.29 is 27.5 Å². The number of nitrogens with one attached hydrogen (secondary N) is 1. The second-order valence-electron chi connectivity index (χ2n) is 11.5. The molecule has 0 bridgehead atoms. The molecule has 0 aliphatic carbocycles. The fourth-order valence-corrected chi connectivity index (χ4v) is 7.08. The van der Waals surface area contributed by atoms with Gasteiger partial charge in [0, 0.05) is 40.7 Å². The normalized spacial score (nSPS) is 11.9. The highest BCUT2D eigenvalue weighted by atomic mass is 35.5. The molecule has 0 aromatic heterocycles. The van der Waals surface area contributed by atoms with Gasteiger partial charge in [0.05, 0.1) is 24.8 Å². The summed E-state index contributed by atoms with van der Waals surface area (Å²) in [5, 5.41) is 3.53. The van der Waals surface area contributed by atoms with E-state index in [1.54, 1.807) is 42.5 Å². The Kier molecular flexibility index (Phi) is 12.4. The van der Waals surface area contributed by atoms with E-state index in [1.807, 2.05) is 51.1 Å². The molecule has 2 amide bonds. The van der Waals surface area contributed by atoms with E-state index >= 15 is 0 Å². The van der Waals surface area contributed by atoms with Gasteiger partial charge in [-0.05, 0) is 62.7 Å². The van der Waals surface area contributed by atoms with Crippen LogP contribution in [0.25, 0.3) is 0 Å². The topological polar surface area (TPSA) is 105 Å². The van der Waals surface area contributed by atoms with Gasteiger partial charge in [0.1, 0.15) is 12.6 Å². The molecule has 9 nitrogen and oxygen atoms in total. The van der Waals surface area contributed by atoms with Gasteiger partial charge in [-0.2, -0.15) is 0 Å². The van der Waals surface area contributed by atoms with Gasteiger partial charge < -0.3 is 19.7 Å². The Bertz CT molecular complexity index is 1820. The highest BCUT2D eigenvalue weighted by Crippen LogP contribution is 2.33. The molecule has 1 N–H and O–H groups in total. The van der Waals surface area contributed by atoms with Crippen LogP contribution in [0.1, 0.15) is 30.5 Å². The van der Waals surface area contributed by atoms with Crippen molar-refractivity contribution in [3.63, 3.8) is 0 Å². The third-order valence-corrected chi connectivity index (χ3v) is 10.1. The maximum Gasteiger partial charge on any atom is 0.264 e. The van der Waals surface area contributed by atoms with Crippen LogP contribution >= 0.6 is 23.2 Å². The molecule has 12 heteroatoms. The summed E-state index contributed by atoms with van der Waals surface area (Å²) in [5.41, 5.74) is 2.38. The molecule has 48 heavy (non-hydrogen) atoms. The van der Waals surface area contributed by atoms with Crippen LogP contribution in [-0.4, -0.2) is 58.0 Å². The molecule has 0 fully saturated rings. The van der Waals surface area contributed by atoms with Crippen molar-refractivity contribution >= 4 is 50.7 Å². The van der Waals surface area contributed by atoms with Crippen LogP contribution in [0.15, 0.2) is 95.9 Å². The number of methoxy groups -OCH3 is 2. The molecule has 254 valence electrons. The molecule has 1 atom stereocenters. The third-order valence-electron chi connectivity index (χ3n) is 7.64. The van der Waals surface area contributed by atoms with Crippen molar-refractivity contribution in [1.82, 2.24) is 10.2 Å². The van der Waals surface area contributed by atoms with E-state index in [0.717, 1.165) is 15.4 Å². The number of hydrogen-bond acceptors (Lipinski definition) is 6. The zero-order valence-electron chi connectivity index (χ0n) is 27.4. The summed E-state index contributed by atoms with van der Waals surface area (Å²) in [5.74, 6) is -0.500. The maximum absolute atomic E-state index is 14.7. The van der Waals surface area contributed by atoms with Crippen LogP contribution < -0.4 is 19.1 Å². The van der Waals surface area contributed by atoms with Crippen LogP contribution in [0.5, 0.6) is 11.5 Å². The number of anilines is 1. The average Bonchev–Trinajstić information content (AvgIpc) is 3.06. The van der Waals surface area contributed by atoms with Gasteiger partial charge >= 0.3 is 0 Å². The van der Waals surface area contributed by atoms with Gasteiger partial charge in [0.25, 0.3) is 10.0 Å². The Hall–Kier alpha value is -4.25. The van der Waals surface area contributed by atoms with Crippen LogP contribution in [0.3, 0.4) is 0 Å². The van der Waals surface area contributed by atoms with E-state index in [-0.39, 0.29) is 35.3 Å². The van der Waals surface area contributed by atoms with E-state index in [9.17, 15) is 18.0 Å². The standard InChI is InChI=1S/C36H39Cl2N3O6S/c1-24(2)39-36(43)32(20-26-10-7-6-8-11-26)40(22-29-30(37)12-9-13-31(29)38)35(42)23-41(27-16-14-25(3)15-17-27)48(44,45)28-18-19-33(46-4)34(21-28)47-5/h6-19,21,24,32H,20,22-23H2,1-5H3,(H,39,43). The van der Waals surface area contributed by atoms with Gasteiger partial charge in [-0.3, -0.25) is 13.9 Å². The number of rotatable bonds is 14. The van der Waals surface area contributed by atoms with Crippen molar-refractivity contribution in [2.24, 2.45) is 0 Å². The lowest BCUT2D eigenvalue weighted by Crippen LogP contribution is -2.54. The molecule has 4 aromatic rings. The smallest absolute Gasteiger partial charge is 0.264 e. The van der Waals surface area contributed by atoms with Gasteiger partial charge in [0.2, 0.25) is 11.8 Å². The molecular weight excluding hydrogens is 673 g/mol. The molecular formula is C36H39Cl2N3O6S. The number of hydrogen-bond donors (Lipinski definition) is 1. The summed E-state index contributed by atoms with van der Waals surface area (Å²) in [6.45, 7) is 4.73. The molecule has 0 saturated carbocycles. The molecule has 0 radical (unpaired) electrons. The van der Waals surface area contributed by atoms with Gasteiger partial charge in [0.15, 0.2) is 11.5 Å². The zero-order valence-corrected chi connectivity index (χ0v) is 29.8. The van der Waals surface area contributed by atoms with E-state index < -0.39 is 34.4 Å². The highest BCUT2D eigenvalue weighted by Gasteiger charge is 2.35. The number of benzene rings is 4. The van der Waals surface area contributed by atoms with E-state index in [2.05, 4.69) is 5.32 Å².